The first kappa shape index (κ1) is 18.6. The number of ketones is 1. The number of fused-ring (bicyclic) bond motifs is 3. The van der Waals surface area contributed by atoms with Gasteiger partial charge in [-0.15, -0.1) is 0 Å². The summed E-state index contributed by atoms with van der Waals surface area (Å²) in [6.45, 7) is 1.26. The van der Waals surface area contributed by atoms with E-state index in [9.17, 15) is 9.59 Å². The number of pyridine rings is 1. The summed E-state index contributed by atoms with van der Waals surface area (Å²) in [5.41, 5.74) is 8.68. The standard InChI is InChI=1S/C23H21N3O4/c1-26-10-4-6-13(26)12-30-23(28)19-17-14-7-2-3-8-15(14)21(27)18(17)20(25-22(19)24)16-9-5-11-29-16/h2-3,5,7-9,11,13H,4,6,10,12H2,1H3,(H2,24,25). The van der Waals surface area contributed by atoms with Crippen LogP contribution in [0.3, 0.4) is 0 Å². The highest BCUT2D eigenvalue weighted by atomic mass is 16.5. The van der Waals surface area contributed by atoms with Crippen molar-refractivity contribution in [3.63, 3.8) is 0 Å². The van der Waals surface area contributed by atoms with Crippen LogP contribution in [0.4, 0.5) is 5.82 Å². The topological polar surface area (TPSA) is 98.7 Å². The molecule has 3 aromatic rings. The van der Waals surface area contributed by atoms with Gasteiger partial charge in [-0.3, -0.25) is 4.79 Å². The minimum Gasteiger partial charge on any atom is -0.463 e. The van der Waals surface area contributed by atoms with Crippen LogP contribution in [0.2, 0.25) is 0 Å². The number of rotatable bonds is 4. The zero-order valence-corrected chi connectivity index (χ0v) is 16.6. The van der Waals surface area contributed by atoms with Crippen molar-refractivity contribution in [1.29, 1.82) is 0 Å². The van der Waals surface area contributed by atoms with E-state index in [2.05, 4.69) is 9.88 Å². The maximum atomic E-state index is 13.2. The Morgan fingerprint density at radius 1 is 1.23 bits per heavy atom. The van der Waals surface area contributed by atoms with Crippen molar-refractivity contribution < 1.29 is 18.7 Å². The SMILES string of the molecule is CN1CCCC1COC(=O)c1c(N)nc(-c2ccco2)c2c1-c1ccccc1C2=O. The van der Waals surface area contributed by atoms with Gasteiger partial charge in [0.15, 0.2) is 11.5 Å². The molecule has 5 rings (SSSR count). The summed E-state index contributed by atoms with van der Waals surface area (Å²) in [5.74, 6) is -0.322. The number of nitrogen functional groups attached to an aromatic ring is 1. The average Bonchev–Trinajstić information content (AvgIpc) is 3.47. The third-order valence-electron chi connectivity index (χ3n) is 5.93. The lowest BCUT2D eigenvalue weighted by atomic mass is 9.98. The van der Waals surface area contributed by atoms with Crippen LogP contribution in [0.1, 0.15) is 39.1 Å². The predicted octanol–water partition coefficient (Wildman–Crippen LogP) is 3.39. The fourth-order valence-corrected chi connectivity index (χ4v) is 4.36. The van der Waals surface area contributed by atoms with E-state index in [0.29, 0.717) is 33.7 Å². The Balaban J connectivity index is 1.62. The Morgan fingerprint density at radius 2 is 2.03 bits per heavy atom. The average molecular weight is 403 g/mol. The Labute approximate surface area is 173 Å². The van der Waals surface area contributed by atoms with Crippen molar-refractivity contribution in [2.24, 2.45) is 0 Å². The second-order valence-electron chi connectivity index (χ2n) is 7.70. The maximum Gasteiger partial charge on any atom is 0.342 e. The molecule has 1 unspecified atom stereocenters. The summed E-state index contributed by atoms with van der Waals surface area (Å²) in [6, 6.07) is 10.8. The lowest BCUT2D eigenvalue weighted by molar-refractivity contribution is 0.0418. The summed E-state index contributed by atoms with van der Waals surface area (Å²) < 4.78 is 11.1. The van der Waals surface area contributed by atoms with E-state index in [1.165, 1.54) is 6.26 Å². The smallest absolute Gasteiger partial charge is 0.342 e. The molecule has 1 aliphatic carbocycles. The van der Waals surface area contributed by atoms with Gasteiger partial charge in [0.05, 0.1) is 11.8 Å². The van der Waals surface area contributed by atoms with Crippen LogP contribution >= 0.6 is 0 Å². The lowest BCUT2D eigenvalue weighted by Gasteiger charge is -2.20. The molecule has 2 aromatic heterocycles. The highest BCUT2D eigenvalue weighted by molar-refractivity contribution is 6.27. The van der Waals surface area contributed by atoms with E-state index >= 15 is 0 Å². The van der Waals surface area contributed by atoms with Crippen molar-refractivity contribution in [2.75, 3.05) is 25.9 Å². The summed E-state index contributed by atoms with van der Waals surface area (Å²) in [6.07, 6.45) is 3.57. The third-order valence-corrected chi connectivity index (χ3v) is 5.93. The number of ether oxygens (including phenoxy) is 1. The van der Waals surface area contributed by atoms with Gasteiger partial charge in [0.1, 0.15) is 23.7 Å². The van der Waals surface area contributed by atoms with Gasteiger partial charge in [-0.1, -0.05) is 24.3 Å². The minimum absolute atomic E-state index is 0.0226. The fourth-order valence-electron chi connectivity index (χ4n) is 4.36. The molecule has 2 N–H and O–H groups in total. The van der Waals surface area contributed by atoms with Crippen molar-refractivity contribution in [2.45, 2.75) is 18.9 Å². The number of likely N-dealkylation sites (tertiary alicyclic amines) is 1. The molecule has 0 saturated carbocycles. The molecule has 1 fully saturated rings. The van der Waals surface area contributed by atoms with Crippen LogP contribution in [-0.4, -0.2) is 47.9 Å². The van der Waals surface area contributed by atoms with Crippen LogP contribution in [-0.2, 0) is 4.74 Å². The highest BCUT2D eigenvalue weighted by Gasteiger charge is 2.37. The van der Waals surface area contributed by atoms with Crippen molar-refractivity contribution in [3.8, 4) is 22.6 Å². The van der Waals surface area contributed by atoms with E-state index in [0.717, 1.165) is 19.4 Å². The molecular weight excluding hydrogens is 382 g/mol. The number of aromatic nitrogens is 1. The number of furan rings is 1. The molecule has 152 valence electrons. The zero-order valence-electron chi connectivity index (χ0n) is 16.6. The number of hydrogen-bond donors (Lipinski definition) is 1. The van der Waals surface area contributed by atoms with Gasteiger partial charge in [-0.2, -0.15) is 0 Å². The van der Waals surface area contributed by atoms with Gasteiger partial charge in [-0.05, 0) is 44.1 Å². The molecule has 7 heteroatoms. The van der Waals surface area contributed by atoms with Crippen LogP contribution in [0.15, 0.2) is 47.1 Å². The van der Waals surface area contributed by atoms with Gasteiger partial charge >= 0.3 is 5.97 Å². The molecule has 0 amide bonds. The first-order valence-electron chi connectivity index (χ1n) is 9.95. The Morgan fingerprint density at radius 3 is 2.73 bits per heavy atom. The number of carbonyl (C=O) groups excluding carboxylic acids is 2. The Kier molecular flexibility index (Phi) is 4.40. The van der Waals surface area contributed by atoms with Crippen LogP contribution in [0, 0.1) is 0 Å². The molecule has 0 spiro atoms. The predicted molar refractivity (Wildman–Crippen MR) is 111 cm³/mol. The number of nitrogens with zero attached hydrogens (tertiary/aromatic N) is 2. The van der Waals surface area contributed by atoms with Gasteiger partial charge in [0.2, 0.25) is 0 Å². The van der Waals surface area contributed by atoms with Crippen LogP contribution in [0.5, 0.6) is 0 Å². The second kappa shape index (κ2) is 7.11. The normalized spacial score (nSPS) is 17.8. The van der Waals surface area contributed by atoms with E-state index < -0.39 is 5.97 Å². The quantitative estimate of drug-likeness (QED) is 0.522. The number of benzene rings is 1. The molecule has 7 nitrogen and oxygen atoms in total. The lowest BCUT2D eigenvalue weighted by Crippen LogP contribution is -2.30. The van der Waals surface area contributed by atoms with Crippen molar-refractivity contribution in [1.82, 2.24) is 9.88 Å². The van der Waals surface area contributed by atoms with Crippen LogP contribution < -0.4 is 5.73 Å². The zero-order chi connectivity index (χ0) is 20.8. The highest BCUT2D eigenvalue weighted by Crippen LogP contribution is 2.44. The van der Waals surface area contributed by atoms with Gasteiger partial charge < -0.3 is 19.8 Å². The van der Waals surface area contributed by atoms with Crippen molar-refractivity contribution in [3.05, 3.63) is 59.4 Å². The number of nitrogens with two attached hydrogens (primary N) is 1. The largest absolute Gasteiger partial charge is 0.463 e. The first-order valence-corrected chi connectivity index (χ1v) is 9.95. The molecule has 3 heterocycles. The molecule has 1 aliphatic heterocycles. The molecule has 2 aliphatic rings. The van der Waals surface area contributed by atoms with E-state index in [-0.39, 0.29) is 29.8 Å². The first-order chi connectivity index (χ1) is 14.6. The summed E-state index contributed by atoms with van der Waals surface area (Å²) in [5, 5.41) is 0. The van der Waals surface area contributed by atoms with Crippen molar-refractivity contribution >= 4 is 17.6 Å². The van der Waals surface area contributed by atoms with E-state index in [1.54, 1.807) is 24.3 Å². The second-order valence-corrected chi connectivity index (χ2v) is 7.70. The van der Waals surface area contributed by atoms with Crippen LogP contribution in [0.25, 0.3) is 22.6 Å². The molecular formula is C23H21N3O4. The molecule has 1 atom stereocenters. The summed E-state index contributed by atoms with van der Waals surface area (Å²) in [7, 11) is 2.02. The van der Waals surface area contributed by atoms with Gasteiger partial charge in [-0.25, -0.2) is 9.78 Å². The number of hydrogen-bond acceptors (Lipinski definition) is 7. The molecule has 0 bridgehead atoms. The maximum absolute atomic E-state index is 13.2. The third kappa shape index (κ3) is 2.81. The van der Waals surface area contributed by atoms with Gasteiger partial charge in [0, 0.05) is 17.2 Å². The number of esters is 1. The molecule has 30 heavy (non-hydrogen) atoms. The number of likely N-dealkylation sites (N-methyl/N-ethyl adjacent to an activating group) is 1. The Hall–Kier alpha value is -3.45. The molecule has 1 saturated heterocycles. The number of carbonyl (C=O) groups is 2. The minimum atomic E-state index is -0.563. The monoisotopic (exact) mass is 403 g/mol. The fraction of sp³-hybridized carbons (Fsp3) is 0.261. The van der Waals surface area contributed by atoms with Gasteiger partial charge in [0.25, 0.3) is 0 Å². The number of anilines is 1. The summed E-state index contributed by atoms with van der Waals surface area (Å²) in [4.78, 5) is 32.9. The summed E-state index contributed by atoms with van der Waals surface area (Å²) >= 11 is 0. The Bertz CT molecular complexity index is 1150. The molecule has 1 aromatic carbocycles. The molecule has 0 radical (unpaired) electrons. The van der Waals surface area contributed by atoms with E-state index in [4.69, 9.17) is 14.9 Å². The van der Waals surface area contributed by atoms with E-state index in [1.807, 2.05) is 19.2 Å².